The highest BCUT2D eigenvalue weighted by Crippen LogP contribution is 2.31. The van der Waals surface area contributed by atoms with Gasteiger partial charge in [-0.15, -0.1) is 0 Å². The molecule has 0 saturated heterocycles. The molecule has 1 heterocycles. The molecule has 104 valence electrons. The highest BCUT2D eigenvalue weighted by Gasteiger charge is 2.14. The van der Waals surface area contributed by atoms with Gasteiger partial charge in [0.15, 0.2) is 6.29 Å². The second-order valence-electron chi connectivity index (χ2n) is 5.38. The predicted molar refractivity (Wildman–Crippen MR) is 81.7 cm³/mol. The van der Waals surface area contributed by atoms with Crippen molar-refractivity contribution in [2.45, 2.75) is 36.1 Å². The van der Waals surface area contributed by atoms with E-state index < -0.39 is 0 Å². The summed E-state index contributed by atoms with van der Waals surface area (Å²) in [5, 5.41) is 0.757. The largest absolute Gasteiger partial charge is 0.298 e. The fourth-order valence-corrected chi connectivity index (χ4v) is 2.76. The molecule has 0 N–H and O–H groups in total. The van der Waals surface area contributed by atoms with Crippen LogP contribution in [0.4, 0.5) is 0 Å². The monoisotopic (exact) mass is 306 g/mol. The number of rotatable bonds is 3. The summed E-state index contributed by atoms with van der Waals surface area (Å²) in [7, 11) is 0. The lowest BCUT2D eigenvalue weighted by Crippen LogP contribution is -2.10. The number of benzene rings is 1. The lowest BCUT2D eigenvalue weighted by atomic mass is 9.87. The molecule has 0 saturated carbocycles. The Morgan fingerprint density at radius 3 is 2.35 bits per heavy atom. The van der Waals surface area contributed by atoms with Crippen molar-refractivity contribution in [3.63, 3.8) is 0 Å². The third-order valence-electron chi connectivity index (χ3n) is 2.85. The Kier molecular flexibility index (Phi) is 4.45. The summed E-state index contributed by atoms with van der Waals surface area (Å²) in [6.07, 6.45) is 2.05. The first-order valence-corrected chi connectivity index (χ1v) is 7.35. The van der Waals surface area contributed by atoms with Gasteiger partial charge in [-0.3, -0.25) is 4.79 Å². The highest BCUT2D eigenvalue weighted by molar-refractivity contribution is 7.99. The zero-order valence-corrected chi connectivity index (χ0v) is 13.1. The molecular weight excluding hydrogens is 292 g/mol. The summed E-state index contributed by atoms with van der Waals surface area (Å²) in [5.41, 5.74) is 1.72. The van der Waals surface area contributed by atoms with Crippen LogP contribution in [0.5, 0.6) is 0 Å². The van der Waals surface area contributed by atoms with Gasteiger partial charge in [-0.25, -0.2) is 9.97 Å². The summed E-state index contributed by atoms with van der Waals surface area (Å²) in [6, 6.07) is 8.23. The number of carbonyl (C=O) groups is 1. The van der Waals surface area contributed by atoms with Crippen LogP contribution in [0, 0.1) is 0 Å². The zero-order chi connectivity index (χ0) is 14.8. The van der Waals surface area contributed by atoms with Crippen molar-refractivity contribution in [2.24, 2.45) is 0 Å². The van der Waals surface area contributed by atoms with Crippen LogP contribution in [-0.4, -0.2) is 16.3 Å². The molecule has 0 amide bonds. The van der Waals surface area contributed by atoms with Gasteiger partial charge in [-0.1, -0.05) is 56.3 Å². The number of nitrogens with zero attached hydrogens (tertiary/aromatic N) is 2. The average molecular weight is 307 g/mol. The second kappa shape index (κ2) is 5.94. The number of hydrogen-bond acceptors (Lipinski definition) is 4. The molecule has 0 bridgehead atoms. The maximum atomic E-state index is 11.0. The Bertz CT molecular complexity index is 621. The van der Waals surface area contributed by atoms with Gasteiger partial charge in [-0.05, 0) is 23.1 Å². The van der Waals surface area contributed by atoms with E-state index in [0.717, 1.165) is 4.90 Å². The summed E-state index contributed by atoms with van der Waals surface area (Å²) in [5.74, 6) is 0. The number of aromatic nitrogens is 2. The number of carbonyl (C=O) groups excluding carboxylic acids is 1. The van der Waals surface area contributed by atoms with Gasteiger partial charge in [0, 0.05) is 4.90 Å². The molecule has 0 radical (unpaired) electrons. The minimum Gasteiger partial charge on any atom is -0.298 e. The topological polar surface area (TPSA) is 42.9 Å². The van der Waals surface area contributed by atoms with Crippen LogP contribution in [0.15, 0.2) is 40.5 Å². The number of hydrogen-bond donors (Lipinski definition) is 0. The maximum Gasteiger partial charge on any atom is 0.155 e. The maximum absolute atomic E-state index is 11.0. The van der Waals surface area contributed by atoms with Crippen LogP contribution in [0.2, 0.25) is 5.15 Å². The Balaban J connectivity index is 2.27. The van der Waals surface area contributed by atoms with E-state index in [4.69, 9.17) is 11.6 Å². The summed E-state index contributed by atoms with van der Waals surface area (Å²) in [4.78, 5) is 20.0. The molecule has 1 aromatic carbocycles. The number of aldehydes is 1. The average Bonchev–Trinajstić information content (AvgIpc) is 2.38. The van der Waals surface area contributed by atoms with Gasteiger partial charge in [0.2, 0.25) is 0 Å². The van der Waals surface area contributed by atoms with Crippen molar-refractivity contribution in [1.82, 2.24) is 9.97 Å². The third-order valence-corrected chi connectivity index (χ3v) is 4.18. The summed E-state index contributed by atoms with van der Waals surface area (Å²) >= 11 is 7.29. The van der Waals surface area contributed by atoms with E-state index in [1.807, 2.05) is 12.1 Å². The Morgan fingerprint density at radius 1 is 1.15 bits per heavy atom. The lowest BCUT2D eigenvalue weighted by molar-refractivity contribution is 0.112. The minimum atomic E-state index is 0.120. The molecule has 0 aliphatic carbocycles. The van der Waals surface area contributed by atoms with Crippen LogP contribution < -0.4 is 0 Å². The van der Waals surface area contributed by atoms with E-state index in [9.17, 15) is 4.79 Å². The molecule has 20 heavy (non-hydrogen) atoms. The van der Waals surface area contributed by atoms with E-state index in [-0.39, 0.29) is 10.6 Å². The Hall–Kier alpha value is -1.39. The van der Waals surface area contributed by atoms with E-state index >= 15 is 0 Å². The standard InChI is InChI=1S/C15H15ClN2OS/c1-15(2,3)10-4-6-11(7-5-10)20-14-12(8-19)13(16)17-9-18-14/h4-9H,1-3H3. The lowest BCUT2D eigenvalue weighted by Gasteiger charge is -2.19. The smallest absolute Gasteiger partial charge is 0.155 e. The molecular formula is C15H15ClN2OS. The van der Waals surface area contributed by atoms with Crippen molar-refractivity contribution >= 4 is 29.6 Å². The van der Waals surface area contributed by atoms with E-state index in [0.29, 0.717) is 16.9 Å². The fraction of sp³-hybridized carbons (Fsp3) is 0.267. The molecule has 0 aliphatic heterocycles. The van der Waals surface area contributed by atoms with Crippen molar-refractivity contribution < 1.29 is 4.79 Å². The Morgan fingerprint density at radius 2 is 1.80 bits per heavy atom. The molecule has 0 spiro atoms. The van der Waals surface area contributed by atoms with Crippen LogP contribution in [0.25, 0.3) is 0 Å². The van der Waals surface area contributed by atoms with Crippen molar-refractivity contribution in [3.05, 3.63) is 46.9 Å². The van der Waals surface area contributed by atoms with E-state index in [1.165, 1.54) is 23.7 Å². The third kappa shape index (κ3) is 3.38. The van der Waals surface area contributed by atoms with Gasteiger partial charge in [-0.2, -0.15) is 0 Å². The van der Waals surface area contributed by atoms with Crippen LogP contribution in [0.1, 0.15) is 36.7 Å². The van der Waals surface area contributed by atoms with E-state index in [1.54, 1.807) is 0 Å². The molecule has 2 aromatic rings. The molecule has 1 aromatic heterocycles. The SMILES string of the molecule is CC(C)(C)c1ccc(Sc2ncnc(Cl)c2C=O)cc1. The molecule has 2 rings (SSSR count). The summed E-state index contributed by atoms with van der Waals surface area (Å²) < 4.78 is 0. The minimum absolute atomic E-state index is 0.120. The van der Waals surface area contributed by atoms with Gasteiger partial charge < -0.3 is 0 Å². The Labute approximate surface area is 127 Å². The summed E-state index contributed by atoms with van der Waals surface area (Å²) in [6.45, 7) is 6.51. The second-order valence-corrected chi connectivity index (χ2v) is 6.80. The molecule has 0 fully saturated rings. The van der Waals surface area contributed by atoms with Crippen LogP contribution >= 0.6 is 23.4 Å². The zero-order valence-electron chi connectivity index (χ0n) is 11.6. The van der Waals surface area contributed by atoms with Crippen molar-refractivity contribution in [2.75, 3.05) is 0 Å². The van der Waals surface area contributed by atoms with Gasteiger partial charge in [0.25, 0.3) is 0 Å². The molecule has 5 heteroatoms. The first kappa shape index (κ1) is 15.0. The van der Waals surface area contributed by atoms with Crippen molar-refractivity contribution in [3.8, 4) is 0 Å². The molecule has 3 nitrogen and oxygen atoms in total. The normalized spacial score (nSPS) is 11.4. The van der Waals surface area contributed by atoms with Crippen molar-refractivity contribution in [1.29, 1.82) is 0 Å². The van der Waals surface area contributed by atoms with Crippen LogP contribution in [-0.2, 0) is 5.41 Å². The van der Waals surface area contributed by atoms with Gasteiger partial charge in [0.1, 0.15) is 16.5 Å². The van der Waals surface area contributed by atoms with Gasteiger partial charge in [0.05, 0.1) is 5.56 Å². The fourth-order valence-electron chi connectivity index (χ4n) is 1.67. The molecule has 0 atom stereocenters. The van der Waals surface area contributed by atoms with Crippen LogP contribution in [0.3, 0.4) is 0 Å². The highest BCUT2D eigenvalue weighted by atomic mass is 35.5. The molecule has 0 aliphatic rings. The first-order chi connectivity index (χ1) is 9.41. The predicted octanol–water partition coefficient (Wildman–Crippen LogP) is 4.39. The quantitative estimate of drug-likeness (QED) is 0.623. The number of halogens is 1. The van der Waals surface area contributed by atoms with E-state index in [2.05, 4.69) is 42.9 Å². The molecule has 0 unspecified atom stereocenters. The first-order valence-electron chi connectivity index (χ1n) is 6.16. The van der Waals surface area contributed by atoms with Gasteiger partial charge >= 0.3 is 0 Å².